The number of methoxy groups -OCH3 is 2. The van der Waals surface area contributed by atoms with E-state index in [1.54, 1.807) is 20.3 Å². The van der Waals surface area contributed by atoms with Crippen LogP contribution in [-0.2, 0) is 6.54 Å². The zero-order chi connectivity index (χ0) is 15.4. The highest BCUT2D eigenvalue weighted by Gasteiger charge is 2.15. The molecule has 0 amide bonds. The van der Waals surface area contributed by atoms with Gasteiger partial charge >= 0.3 is 0 Å². The summed E-state index contributed by atoms with van der Waals surface area (Å²) in [4.78, 5) is 0. The molecule has 0 unspecified atom stereocenters. The molecule has 0 bridgehead atoms. The Morgan fingerprint density at radius 1 is 1.00 bits per heavy atom. The van der Waals surface area contributed by atoms with Crippen LogP contribution in [0, 0.1) is 0 Å². The van der Waals surface area contributed by atoms with Crippen LogP contribution in [0.15, 0.2) is 30.3 Å². The Hall–Kier alpha value is -1.42. The van der Waals surface area contributed by atoms with Crippen LogP contribution in [0.2, 0.25) is 10.0 Å². The lowest BCUT2D eigenvalue weighted by Gasteiger charge is -2.16. The number of ether oxygens (including phenoxy) is 2. The van der Waals surface area contributed by atoms with Crippen LogP contribution >= 0.6 is 23.2 Å². The average molecular weight is 326 g/mol. The second kappa shape index (κ2) is 7.03. The van der Waals surface area contributed by atoms with E-state index in [0.29, 0.717) is 28.1 Å². The van der Waals surface area contributed by atoms with Crippen molar-refractivity contribution in [3.05, 3.63) is 45.9 Å². The van der Waals surface area contributed by atoms with Crippen molar-refractivity contribution in [2.75, 3.05) is 21.3 Å². The monoisotopic (exact) mass is 325 g/mol. The summed E-state index contributed by atoms with van der Waals surface area (Å²) in [7, 11) is 5.12. The third kappa shape index (κ3) is 3.26. The zero-order valence-electron chi connectivity index (χ0n) is 12.2. The third-order valence-electron chi connectivity index (χ3n) is 3.22. The molecule has 0 aliphatic carbocycles. The van der Waals surface area contributed by atoms with Gasteiger partial charge in [0.15, 0.2) is 11.5 Å². The molecule has 2 aromatic carbocycles. The highest BCUT2D eigenvalue weighted by Crippen LogP contribution is 2.40. The Morgan fingerprint density at radius 2 is 1.67 bits per heavy atom. The maximum absolute atomic E-state index is 6.34. The lowest BCUT2D eigenvalue weighted by atomic mass is 9.98. The van der Waals surface area contributed by atoms with E-state index in [4.69, 9.17) is 32.7 Å². The van der Waals surface area contributed by atoms with E-state index in [-0.39, 0.29) is 0 Å². The molecule has 0 radical (unpaired) electrons. The standard InChI is InChI=1S/C16H17Cl2NO2/c1-19-9-10-7-14(20-2)15(21-3)8-12(10)11-5-4-6-13(17)16(11)18/h4-8,19H,9H2,1-3H3. The molecule has 5 heteroatoms. The number of hydrogen-bond donors (Lipinski definition) is 1. The van der Waals surface area contributed by atoms with Crippen LogP contribution in [0.5, 0.6) is 11.5 Å². The van der Waals surface area contributed by atoms with E-state index >= 15 is 0 Å². The molecule has 0 heterocycles. The molecule has 0 saturated carbocycles. The predicted molar refractivity (Wildman–Crippen MR) is 87.8 cm³/mol. The summed E-state index contributed by atoms with van der Waals surface area (Å²) in [6.07, 6.45) is 0. The molecule has 3 nitrogen and oxygen atoms in total. The van der Waals surface area contributed by atoms with Crippen LogP contribution in [0.4, 0.5) is 0 Å². The second-order valence-electron chi connectivity index (χ2n) is 4.50. The van der Waals surface area contributed by atoms with Gasteiger partial charge in [0.25, 0.3) is 0 Å². The van der Waals surface area contributed by atoms with Crippen molar-refractivity contribution in [1.82, 2.24) is 5.32 Å². The molecule has 0 atom stereocenters. The van der Waals surface area contributed by atoms with Gasteiger partial charge in [-0.1, -0.05) is 35.3 Å². The fourth-order valence-electron chi connectivity index (χ4n) is 2.22. The first kappa shape index (κ1) is 16.0. The largest absolute Gasteiger partial charge is 0.493 e. The Bertz CT molecular complexity index is 644. The van der Waals surface area contributed by atoms with Crippen molar-refractivity contribution < 1.29 is 9.47 Å². The molecule has 2 rings (SSSR count). The van der Waals surface area contributed by atoms with Crippen LogP contribution in [0.1, 0.15) is 5.56 Å². The lowest BCUT2D eigenvalue weighted by Crippen LogP contribution is -2.07. The minimum atomic E-state index is 0.527. The number of nitrogens with one attached hydrogen (secondary N) is 1. The first-order chi connectivity index (χ1) is 10.1. The predicted octanol–water partition coefficient (Wildman–Crippen LogP) is 4.40. The van der Waals surface area contributed by atoms with Crippen molar-refractivity contribution in [2.45, 2.75) is 6.54 Å². The summed E-state index contributed by atoms with van der Waals surface area (Å²) in [6, 6.07) is 9.45. The summed E-state index contributed by atoms with van der Waals surface area (Å²) in [5, 5.41) is 4.20. The molecule has 112 valence electrons. The minimum Gasteiger partial charge on any atom is -0.493 e. The van der Waals surface area contributed by atoms with Gasteiger partial charge in [0.2, 0.25) is 0 Å². The van der Waals surface area contributed by atoms with Gasteiger partial charge in [-0.15, -0.1) is 0 Å². The Kier molecular flexibility index (Phi) is 5.34. The summed E-state index contributed by atoms with van der Waals surface area (Å²) in [6.45, 7) is 0.679. The maximum Gasteiger partial charge on any atom is 0.161 e. The van der Waals surface area contributed by atoms with E-state index in [1.165, 1.54) is 0 Å². The van der Waals surface area contributed by atoms with Crippen LogP contribution < -0.4 is 14.8 Å². The molecule has 2 aromatic rings. The van der Waals surface area contributed by atoms with E-state index in [9.17, 15) is 0 Å². The first-order valence-corrected chi connectivity index (χ1v) is 7.21. The topological polar surface area (TPSA) is 30.5 Å². The van der Waals surface area contributed by atoms with Gasteiger partial charge in [-0.25, -0.2) is 0 Å². The van der Waals surface area contributed by atoms with Crippen molar-refractivity contribution in [3.63, 3.8) is 0 Å². The van der Waals surface area contributed by atoms with Crippen molar-refractivity contribution in [3.8, 4) is 22.6 Å². The third-order valence-corrected chi connectivity index (χ3v) is 4.04. The van der Waals surface area contributed by atoms with Gasteiger partial charge in [0.1, 0.15) is 0 Å². The smallest absolute Gasteiger partial charge is 0.161 e. The van der Waals surface area contributed by atoms with Gasteiger partial charge in [-0.3, -0.25) is 0 Å². The Labute approximate surface area is 134 Å². The van der Waals surface area contributed by atoms with Crippen LogP contribution in [-0.4, -0.2) is 21.3 Å². The fourth-order valence-corrected chi connectivity index (χ4v) is 2.62. The van der Waals surface area contributed by atoms with Crippen LogP contribution in [0.3, 0.4) is 0 Å². The van der Waals surface area contributed by atoms with E-state index in [0.717, 1.165) is 16.7 Å². The molecule has 0 aromatic heterocycles. The highest BCUT2D eigenvalue weighted by molar-refractivity contribution is 6.43. The van der Waals surface area contributed by atoms with E-state index < -0.39 is 0 Å². The normalized spacial score (nSPS) is 10.5. The first-order valence-electron chi connectivity index (χ1n) is 6.46. The van der Waals surface area contributed by atoms with E-state index in [1.807, 2.05) is 31.3 Å². The fraction of sp³-hybridized carbons (Fsp3) is 0.250. The molecule has 1 N–H and O–H groups in total. The molecule has 0 aliphatic heterocycles. The van der Waals surface area contributed by atoms with Gasteiger partial charge in [0, 0.05) is 12.1 Å². The molecule has 21 heavy (non-hydrogen) atoms. The molecule has 0 aliphatic rings. The molecule has 0 spiro atoms. The number of benzene rings is 2. The number of halogens is 2. The maximum atomic E-state index is 6.34. The van der Waals surface area contributed by atoms with Crippen LogP contribution in [0.25, 0.3) is 11.1 Å². The average Bonchev–Trinajstić information content (AvgIpc) is 2.50. The van der Waals surface area contributed by atoms with E-state index in [2.05, 4.69) is 5.32 Å². The van der Waals surface area contributed by atoms with Crippen molar-refractivity contribution in [2.24, 2.45) is 0 Å². The van der Waals surface area contributed by atoms with Gasteiger partial charge in [0.05, 0.1) is 24.3 Å². The minimum absolute atomic E-state index is 0.527. The van der Waals surface area contributed by atoms with Gasteiger partial charge in [-0.2, -0.15) is 0 Å². The second-order valence-corrected chi connectivity index (χ2v) is 5.28. The Balaban J connectivity index is 2.68. The summed E-state index contributed by atoms with van der Waals surface area (Å²) >= 11 is 12.5. The zero-order valence-corrected chi connectivity index (χ0v) is 13.7. The van der Waals surface area contributed by atoms with Crippen molar-refractivity contribution in [1.29, 1.82) is 0 Å². The summed E-state index contributed by atoms with van der Waals surface area (Å²) in [5.41, 5.74) is 2.89. The molecule has 0 fully saturated rings. The Morgan fingerprint density at radius 3 is 2.29 bits per heavy atom. The van der Waals surface area contributed by atoms with Gasteiger partial charge in [-0.05, 0) is 36.4 Å². The highest BCUT2D eigenvalue weighted by atomic mass is 35.5. The molecular formula is C16H17Cl2NO2. The molecular weight excluding hydrogens is 309 g/mol. The lowest BCUT2D eigenvalue weighted by molar-refractivity contribution is 0.354. The molecule has 0 saturated heterocycles. The van der Waals surface area contributed by atoms with Crippen molar-refractivity contribution >= 4 is 23.2 Å². The quantitative estimate of drug-likeness (QED) is 0.883. The number of hydrogen-bond acceptors (Lipinski definition) is 3. The number of rotatable bonds is 5. The summed E-state index contributed by atoms with van der Waals surface area (Å²) < 4.78 is 10.7. The van der Waals surface area contributed by atoms with Gasteiger partial charge < -0.3 is 14.8 Å². The SMILES string of the molecule is CNCc1cc(OC)c(OC)cc1-c1cccc(Cl)c1Cl. The summed E-state index contributed by atoms with van der Waals surface area (Å²) in [5.74, 6) is 1.34.